The van der Waals surface area contributed by atoms with Crippen molar-refractivity contribution in [1.82, 2.24) is 9.97 Å². The van der Waals surface area contributed by atoms with Gasteiger partial charge < -0.3 is 20.9 Å². The van der Waals surface area contributed by atoms with Gasteiger partial charge in [-0.3, -0.25) is 0 Å². The van der Waals surface area contributed by atoms with Crippen LogP contribution in [0.15, 0.2) is 6.33 Å². The molecule has 1 fully saturated rings. The number of anilines is 2. The Morgan fingerprint density at radius 1 is 1.52 bits per heavy atom. The van der Waals surface area contributed by atoms with Crippen LogP contribution < -0.4 is 15.8 Å². The molecule has 21 heavy (non-hydrogen) atoms. The van der Waals surface area contributed by atoms with Gasteiger partial charge in [0.2, 0.25) is 5.88 Å². The molecule has 2 rings (SSSR count). The summed E-state index contributed by atoms with van der Waals surface area (Å²) in [7, 11) is 0. The number of aliphatic hydroxyl groups is 1. The van der Waals surface area contributed by atoms with Crippen LogP contribution >= 0.6 is 0 Å². The van der Waals surface area contributed by atoms with Gasteiger partial charge in [0.05, 0.1) is 12.2 Å². The SMILES string of the molecule is CCCOc1ncnc(NCC2(O)CCCC(C)C2)c1N. The minimum absolute atomic E-state index is 0.401. The maximum atomic E-state index is 10.6. The number of nitrogens with one attached hydrogen (secondary N) is 1. The molecule has 0 radical (unpaired) electrons. The van der Waals surface area contributed by atoms with E-state index >= 15 is 0 Å². The summed E-state index contributed by atoms with van der Waals surface area (Å²) in [5.41, 5.74) is 5.74. The van der Waals surface area contributed by atoms with E-state index in [2.05, 4.69) is 22.2 Å². The first-order chi connectivity index (χ1) is 10.0. The number of ether oxygens (including phenoxy) is 1. The fourth-order valence-electron chi connectivity index (χ4n) is 2.88. The number of nitrogens with two attached hydrogens (primary N) is 1. The van der Waals surface area contributed by atoms with Crippen LogP contribution in [0.5, 0.6) is 5.88 Å². The van der Waals surface area contributed by atoms with Gasteiger partial charge in [-0.2, -0.15) is 4.98 Å². The van der Waals surface area contributed by atoms with Crippen molar-refractivity contribution in [3.05, 3.63) is 6.33 Å². The molecular formula is C15H26N4O2. The summed E-state index contributed by atoms with van der Waals surface area (Å²) in [4.78, 5) is 8.18. The molecule has 6 heteroatoms. The Labute approximate surface area is 126 Å². The third-order valence-electron chi connectivity index (χ3n) is 3.94. The highest BCUT2D eigenvalue weighted by molar-refractivity contribution is 5.66. The fourth-order valence-corrected chi connectivity index (χ4v) is 2.88. The van der Waals surface area contributed by atoms with Gasteiger partial charge in [-0.25, -0.2) is 4.98 Å². The first kappa shape index (κ1) is 15.8. The zero-order valence-corrected chi connectivity index (χ0v) is 12.9. The predicted molar refractivity (Wildman–Crippen MR) is 83.3 cm³/mol. The highest BCUT2D eigenvalue weighted by atomic mass is 16.5. The molecule has 6 nitrogen and oxygen atoms in total. The first-order valence-corrected chi connectivity index (χ1v) is 7.73. The highest BCUT2D eigenvalue weighted by Gasteiger charge is 2.32. The second-order valence-corrected chi connectivity index (χ2v) is 6.07. The molecule has 1 aromatic heterocycles. The van der Waals surface area contributed by atoms with E-state index in [1.165, 1.54) is 12.7 Å². The zero-order chi connectivity index (χ0) is 15.3. The van der Waals surface area contributed by atoms with E-state index < -0.39 is 5.60 Å². The number of nitrogens with zero attached hydrogens (tertiary/aromatic N) is 2. The van der Waals surface area contributed by atoms with Crippen molar-refractivity contribution in [3.63, 3.8) is 0 Å². The van der Waals surface area contributed by atoms with E-state index in [9.17, 15) is 5.11 Å². The normalized spacial score (nSPS) is 25.6. The van der Waals surface area contributed by atoms with Crippen molar-refractivity contribution in [2.75, 3.05) is 24.2 Å². The van der Waals surface area contributed by atoms with Crippen molar-refractivity contribution < 1.29 is 9.84 Å². The number of nitrogen functional groups attached to an aromatic ring is 1. The molecule has 118 valence electrons. The lowest BCUT2D eigenvalue weighted by atomic mass is 9.79. The van der Waals surface area contributed by atoms with Crippen LogP contribution in [0.25, 0.3) is 0 Å². The number of aromatic nitrogens is 2. The van der Waals surface area contributed by atoms with Crippen molar-refractivity contribution in [2.45, 2.75) is 51.6 Å². The molecule has 1 heterocycles. The lowest BCUT2D eigenvalue weighted by Gasteiger charge is -2.35. The van der Waals surface area contributed by atoms with Crippen molar-refractivity contribution >= 4 is 11.5 Å². The lowest BCUT2D eigenvalue weighted by molar-refractivity contribution is -0.000819. The van der Waals surface area contributed by atoms with E-state index in [-0.39, 0.29) is 0 Å². The van der Waals surface area contributed by atoms with Gasteiger partial charge >= 0.3 is 0 Å². The third-order valence-corrected chi connectivity index (χ3v) is 3.94. The van der Waals surface area contributed by atoms with Crippen LogP contribution in [0.4, 0.5) is 11.5 Å². The summed E-state index contributed by atoms with van der Waals surface area (Å²) >= 11 is 0. The minimum atomic E-state index is -0.681. The summed E-state index contributed by atoms with van der Waals surface area (Å²) in [6.45, 7) is 5.23. The summed E-state index contributed by atoms with van der Waals surface area (Å²) in [5, 5.41) is 13.8. The van der Waals surface area contributed by atoms with Gasteiger partial charge in [-0.1, -0.05) is 26.7 Å². The van der Waals surface area contributed by atoms with Crippen LogP contribution in [0, 0.1) is 5.92 Å². The Morgan fingerprint density at radius 2 is 2.33 bits per heavy atom. The minimum Gasteiger partial charge on any atom is -0.476 e. The second kappa shape index (κ2) is 6.93. The molecule has 0 saturated heterocycles. The van der Waals surface area contributed by atoms with Crippen LogP contribution in [-0.4, -0.2) is 33.8 Å². The van der Waals surface area contributed by atoms with E-state index in [0.29, 0.717) is 36.5 Å². The smallest absolute Gasteiger partial charge is 0.242 e. The first-order valence-electron chi connectivity index (χ1n) is 7.73. The summed E-state index contributed by atoms with van der Waals surface area (Å²) in [6.07, 6.45) is 6.19. The molecule has 1 saturated carbocycles. The molecule has 4 N–H and O–H groups in total. The van der Waals surface area contributed by atoms with Crippen molar-refractivity contribution in [3.8, 4) is 5.88 Å². The standard InChI is InChI=1S/C15H26N4O2/c1-3-7-21-14-12(16)13(18-10-19-14)17-9-15(20)6-4-5-11(2)8-15/h10-11,20H,3-9,16H2,1-2H3,(H,17,18,19). The van der Waals surface area contributed by atoms with Gasteiger partial charge in [0, 0.05) is 6.54 Å². The molecule has 1 aliphatic rings. The van der Waals surface area contributed by atoms with Crippen molar-refractivity contribution in [1.29, 1.82) is 0 Å². The van der Waals surface area contributed by atoms with Crippen LogP contribution in [0.2, 0.25) is 0 Å². The Kier molecular flexibility index (Phi) is 5.22. The Balaban J connectivity index is 1.99. The Bertz CT molecular complexity index is 469. The van der Waals surface area contributed by atoms with E-state index in [1.807, 2.05) is 6.92 Å². The average molecular weight is 294 g/mol. The molecule has 0 bridgehead atoms. The molecule has 0 aromatic carbocycles. The highest BCUT2D eigenvalue weighted by Crippen LogP contribution is 2.33. The van der Waals surface area contributed by atoms with E-state index in [4.69, 9.17) is 10.5 Å². The Morgan fingerprint density at radius 3 is 3.05 bits per heavy atom. The predicted octanol–water partition coefficient (Wildman–Crippen LogP) is 2.20. The summed E-state index contributed by atoms with van der Waals surface area (Å²) < 4.78 is 5.48. The van der Waals surface area contributed by atoms with Gasteiger partial charge in [0.15, 0.2) is 5.82 Å². The van der Waals surface area contributed by atoms with Crippen LogP contribution in [0.3, 0.4) is 0 Å². The molecule has 0 amide bonds. The maximum absolute atomic E-state index is 10.6. The number of hydrogen-bond donors (Lipinski definition) is 3. The fraction of sp³-hybridized carbons (Fsp3) is 0.733. The van der Waals surface area contributed by atoms with Gasteiger partial charge in [-0.15, -0.1) is 0 Å². The van der Waals surface area contributed by atoms with Crippen LogP contribution in [0.1, 0.15) is 46.0 Å². The van der Waals surface area contributed by atoms with Gasteiger partial charge in [-0.05, 0) is 25.2 Å². The third kappa shape index (κ3) is 4.20. The largest absolute Gasteiger partial charge is 0.476 e. The van der Waals surface area contributed by atoms with Crippen molar-refractivity contribution in [2.24, 2.45) is 5.92 Å². The van der Waals surface area contributed by atoms with E-state index in [1.54, 1.807) is 0 Å². The quantitative estimate of drug-likeness (QED) is 0.744. The van der Waals surface area contributed by atoms with Gasteiger partial charge in [0.1, 0.15) is 12.0 Å². The maximum Gasteiger partial charge on any atom is 0.242 e. The zero-order valence-electron chi connectivity index (χ0n) is 12.9. The monoisotopic (exact) mass is 294 g/mol. The molecule has 1 aromatic rings. The molecule has 1 aliphatic carbocycles. The number of hydrogen-bond acceptors (Lipinski definition) is 6. The topological polar surface area (TPSA) is 93.3 Å². The summed E-state index contributed by atoms with van der Waals surface area (Å²) in [6, 6.07) is 0. The molecule has 2 unspecified atom stereocenters. The molecule has 0 aliphatic heterocycles. The lowest BCUT2D eigenvalue weighted by Crippen LogP contribution is -2.41. The van der Waals surface area contributed by atoms with Gasteiger partial charge in [0.25, 0.3) is 0 Å². The molecule has 0 spiro atoms. The van der Waals surface area contributed by atoms with E-state index in [0.717, 1.165) is 25.7 Å². The molecular weight excluding hydrogens is 268 g/mol. The number of rotatable bonds is 6. The summed E-state index contributed by atoms with van der Waals surface area (Å²) in [5.74, 6) is 1.48. The Hall–Kier alpha value is -1.56. The van der Waals surface area contributed by atoms with Crippen LogP contribution in [-0.2, 0) is 0 Å². The average Bonchev–Trinajstić information content (AvgIpc) is 2.45. The molecule has 2 atom stereocenters. The second-order valence-electron chi connectivity index (χ2n) is 6.07.